The molecule has 0 radical (unpaired) electrons. The second-order valence-corrected chi connectivity index (χ2v) is 13.0. The van der Waals surface area contributed by atoms with Gasteiger partial charge in [-0.1, -0.05) is 187 Å². The zero-order chi connectivity index (χ0) is 28.0. The summed E-state index contributed by atoms with van der Waals surface area (Å²) in [6.45, 7) is 4.61. The summed E-state index contributed by atoms with van der Waals surface area (Å²) in [6, 6.07) is 0. The van der Waals surface area contributed by atoms with Gasteiger partial charge in [-0.15, -0.1) is 0 Å². The van der Waals surface area contributed by atoms with Crippen LogP contribution in [-0.2, 0) is 14.6 Å². The Labute approximate surface area is 288 Å². The molecule has 0 saturated carbocycles. The molecule has 39 heavy (non-hydrogen) atoms. The molecule has 0 aromatic carbocycles. The number of rotatable bonds is 32. The van der Waals surface area contributed by atoms with Crippen molar-refractivity contribution >= 4 is 10.4 Å². The normalized spacial score (nSPS) is 12.5. The van der Waals surface area contributed by atoms with Crippen LogP contribution in [0.15, 0.2) is 0 Å². The first-order valence-corrected chi connectivity index (χ1v) is 18.4. The summed E-state index contributed by atoms with van der Waals surface area (Å²) in [4.78, 5) is 0. The summed E-state index contributed by atoms with van der Waals surface area (Å²) >= 11 is 0. The van der Waals surface area contributed by atoms with Crippen molar-refractivity contribution in [1.82, 2.24) is 0 Å². The van der Waals surface area contributed by atoms with Crippen LogP contribution < -0.4 is 51.4 Å². The Balaban J connectivity index is 0. The molecule has 0 amide bonds. The molecule has 0 rings (SSSR count). The van der Waals surface area contributed by atoms with E-state index in [4.69, 9.17) is 0 Å². The van der Waals surface area contributed by atoms with Gasteiger partial charge in [-0.25, -0.2) is 8.42 Å². The fourth-order valence-electron chi connectivity index (χ4n) is 5.57. The largest absolute Gasteiger partial charge is 1.00 e. The van der Waals surface area contributed by atoms with Crippen LogP contribution in [0.3, 0.4) is 0 Å². The van der Waals surface area contributed by atoms with Gasteiger partial charge in [0.15, 0.2) is 0 Å². The van der Waals surface area contributed by atoms with Gasteiger partial charge in [0.25, 0.3) is 0 Å². The van der Waals surface area contributed by atoms with Gasteiger partial charge in [0.2, 0.25) is 10.4 Å². The standard InChI is InChI=1S/C33H68O4S.K/c1-3-5-7-9-11-13-15-17-18-19-21-23-25-27-29-31-33(32-37-38(34,35)36)30-28-26-24-22-20-16-14-12-10-8-6-4-2;/h33H,3-32H2,1-2H3,(H,34,35,36);/q;+1/p-1. The van der Waals surface area contributed by atoms with Crippen LogP contribution in [0.2, 0.25) is 0 Å². The van der Waals surface area contributed by atoms with Gasteiger partial charge >= 0.3 is 51.4 Å². The maximum Gasteiger partial charge on any atom is 1.00 e. The average Bonchev–Trinajstić information content (AvgIpc) is 2.89. The molecule has 0 saturated heterocycles. The third-order valence-corrected chi connectivity index (χ3v) is 8.55. The van der Waals surface area contributed by atoms with Crippen molar-refractivity contribution in [2.45, 2.75) is 200 Å². The molecule has 0 aliphatic heterocycles. The van der Waals surface area contributed by atoms with E-state index in [9.17, 15) is 13.0 Å². The molecule has 230 valence electrons. The molecule has 0 spiro atoms. The molecule has 4 nitrogen and oxygen atoms in total. The van der Waals surface area contributed by atoms with Crippen LogP contribution in [0.5, 0.6) is 0 Å². The molecule has 0 aromatic heterocycles. The van der Waals surface area contributed by atoms with Gasteiger partial charge in [0, 0.05) is 0 Å². The van der Waals surface area contributed by atoms with E-state index in [0.29, 0.717) is 0 Å². The third kappa shape index (κ3) is 37.5. The van der Waals surface area contributed by atoms with Crippen LogP contribution >= 0.6 is 0 Å². The first-order valence-electron chi connectivity index (χ1n) is 17.1. The van der Waals surface area contributed by atoms with E-state index in [1.807, 2.05) is 0 Å². The van der Waals surface area contributed by atoms with Crippen LogP contribution in [0.1, 0.15) is 200 Å². The molecule has 0 N–H and O–H groups in total. The first kappa shape index (κ1) is 42.6. The van der Waals surface area contributed by atoms with Crippen molar-refractivity contribution in [3.8, 4) is 0 Å². The van der Waals surface area contributed by atoms with Crippen molar-refractivity contribution in [3.05, 3.63) is 0 Å². The molecule has 0 heterocycles. The van der Waals surface area contributed by atoms with E-state index < -0.39 is 10.4 Å². The maximum atomic E-state index is 10.9. The second kappa shape index (κ2) is 34.0. The van der Waals surface area contributed by atoms with E-state index in [0.717, 1.165) is 25.7 Å². The average molecular weight is 599 g/mol. The Morgan fingerprint density at radius 2 is 0.692 bits per heavy atom. The van der Waals surface area contributed by atoms with E-state index >= 15 is 0 Å². The fraction of sp³-hybridized carbons (Fsp3) is 1.00. The molecule has 0 aliphatic rings. The predicted octanol–water partition coefficient (Wildman–Crippen LogP) is 8.44. The van der Waals surface area contributed by atoms with E-state index in [1.165, 1.54) is 161 Å². The molecule has 1 atom stereocenters. The van der Waals surface area contributed by atoms with Gasteiger partial charge in [0.05, 0.1) is 6.61 Å². The summed E-state index contributed by atoms with van der Waals surface area (Å²) in [7, 11) is -4.58. The molecule has 0 bridgehead atoms. The summed E-state index contributed by atoms with van der Waals surface area (Å²) in [5.74, 6) is 0.198. The molecule has 6 heteroatoms. The SMILES string of the molecule is CCCCCCCCCCCCCCCCCC(CCCCCCCCCCCCCC)COS(=O)(=O)[O-].[K+]. The third-order valence-electron chi connectivity index (χ3n) is 8.13. The van der Waals surface area contributed by atoms with Crippen molar-refractivity contribution in [3.63, 3.8) is 0 Å². The van der Waals surface area contributed by atoms with Crippen LogP contribution in [0, 0.1) is 5.92 Å². The topological polar surface area (TPSA) is 66.4 Å². The maximum absolute atomic E-state index is 10.9. The van der Waals surface area contributed by atoms with Crippen molar-refractivity contribution < 1.29 is 68.5 Å². The van der Waals surface area contributed by atoms with E-state index in [-0.39, 0.29) is 63.9 Å². The first-order chi connectivity index (χ1) is 18.5. The van der Waals surface area contributed by atoms with E-state index in [1.54, 1.807) is 0 Å². The number of hydrogen-bond acceptors (Lipinski definition) is 4. The Hall–Kier alpha value is 1.51. The van der Waals surface area contributed by atoms with E-state index in [2.05, 4.69) is 18.0 Å². The quantitative estimate of drug-likeness (QED) is 0.0337. The number of hydrogen-bond donors (Lipinski definition) is 0. The van der Waals surface area contributed by atoms with Crippen molar-refractivity contribution in [1.29, 1.82) is 0 Å². The van der Waals surface area contributed by atoms with Gasteiger partial charge in [-0.05, 0) is 18.8 Å². The summed E-state index contributed by atoms with van der Waals surface area (Å²) in [5.41, 5.74) is 0. The molecule has 0 fully saturated rings. The summed E-state index contributed by atoms with van der Waals surface area (Å²) in [6.07, 6.45) is 38.0. The van der Waals surface area contributed by atoms with Gasteiger partial charge in [0.1, 0.15) is 0 Å². The zero-order valence-electron chi connectivity index (χ0n) is 26.8. The monoisotopic (exact) mass is 598 g/mol. The molecule has 0 aliphatic carbocycles. The Kier molecular flexibility index (Phi) is 37.2. The minimum absolute atomic E-state index is 0. The minimum Gasteiger partial charge on any atom is -0.726 e. The summed E-state index contributed by atoms with van der Waals surface area (Å²) < 4.78 is 37.5. The predicted molar refractivity (Wildman–Crippen MR) is 164 cm³/mol. The Bertz CT molecular complexity index is 556. The molecular formula is C33H67KO4S. The van der Waals surface area contributed by atoms with Gasteiger partial charge in [-0.3, -0.25) is 4.18 Å². The number of unbranched alkanes of at least 4 members (excludes halogenated alkanes) is 25. The van der Waals surface area contributed by atoms with Crippen LogP contribution in [0.4, 0.5) is 0 Å². The molecular weight excluding hydrogens is 532 g/mol. The Morgan fingerprint density at radius 3 is 0.923 bits per heavy atom. The van der Waals surface area contributed by atoms with Gasteiger partial charge < -0.3 is 4.55 Å². The van der Waals surface area contributed by atoms with Crippen molar-refractivity contribution in [2.24, 2.45) is 5.92 Å². The van der Waals surface area contributed by atoms with Crippen molar-refractivity contribution in [2.75, 3.05) is 6.61 Å². The summed E-state index contributed by atoms with van der Waals surface area (Å²) in [5, 5.41) is 0. The Morgan fingerprint density at radius 1 is 0.462 bits per heavy atom. The minimum atomic E-state index is -4.58. The second-order valence-electron chi connectivity index (χ2n) is 12.0. The van der Waals surface area contributed by atoms with Gasteiger partial charge in [-0.2, -0.15) is 0 Å². The fourth-order valence-corrected chi connectivity index (χ4v) is 5.93. The molecule has 0 aromatic rings. The van der Waals surface area contributed by atoms with Crippen LogP contribution in [-0.4, -0.2) is 19.6 Å². The van der Waals surface area contributed by atoms with Crippen LogP contribution in [0.25, 0.3) is 0 Å². The smallest absolute Gasteiger partial charge is 0.726 e. The zero-order valence-corrected chi connectivity index (χ0v) is 30.8. The molecule has 1 unspecified atom stereocenters.